The van der Waals surface area contributed by atoms with Crippen LogP contribution in [-0.2, 0) is 11.0 Å². The third-order valence-corrected chi connectivity index (χ3v) is 11.0. The minimum atomic E-state index is -0.799. The maximum absolute atomic E-state index is 7.61. The van der Waals surface area contributed by atoms with Crippen molar-refractivity contribution in [3.63, 3.8) is 0 Å². The van der Waals surface area contributed by atoms with Crippen molar-refractivity contribution in [3.05, 3.63) is 131 Å². The van der Waals surface area contributed by atoms with Gasteiger partial charge in [-0.3, -0.25) is 0 Å². The van der Waals surface area contributed by atoms with Crippen molar-refractivity contribution in [1.29, 1.82) is 0 Å². The van der Waals surface area contributed by atoms with Crippen molar-refractivity contribution in [3.8, 4) is 22.6 Å². The zero-order chi connectivity index (χ0) is 32.8. The molecule has 1 saturated carbocycles. The second-order valence-electron chi connectivity index (χ2n) is 15.9. The predicted molar refractivity (Wildman–Crippen MR) is 196 cm³/mol. The Hall–Kier alpha value is -4.50. The minimum Gasteiger partial charge on any atom is -0.497 e. The normalized spacial score (nSPS) is 21.1. The molecule has 1 unspecified atom stereocenters. The van der Waals surface area contributed by atoms with Crippen LogP contribution in [0.1, 0.15) is 74.8 Å². The zero-order valence-electron chi connectivity index (χ0n) is 28.8. The maximum Gasteiger partial charge on any atom is 0.178 e. The Morgan fingerprint density at radius 2 is 1.36 bits per heavy atom. The molecule has 238 valence electrons. The molecule has 0 amide bonds. The Labute approximate surface area is 279 Å². The Morgan fingerprint density at radius 1 is 0.702 bits per heavy atom. The van der Waals surface area contributed by atoms with Gasteiger partial charge in [-0.2, -0.15) is 0 Å². The first-order valence-corrected chi connectivity index (χ1v) is 17.0. The lowest BCUT2D eigenvalue weighted by molar-refractivity contribution is 0.0642. The van der Waals surface area contributed by atoms with Gasteiger partial charge in [-0.05, 0) is 94.1 Å². The van der Waals surface area contributed by atoms with E-state index in [1.54, 1.807) is 7.11 Å². The van der Waals surface area contributed by atoms with Gasteiger partial charge in [0.25, 0.3) is 0 Å². The molecule has 1 atom stereocenters. The molecule has 3 aliphatic rings. The van der Waals surface area contributed by atoms with E-state index >= 15 is 0 Å². The fraction of sp³-hybridized carbons (Fsp3) is 0.318. The Balaban J connectivity index is 1.47. The molecule has 0 radical (unpaired) electrons. The molecule has 1 aliphatic heterocycles. The van der Waals surface area contributed by atoms with E-state index in [1.807, 2.05) is 0 Å². The summed E-state index contributed by atoms with van der Waals surface area (Å²) in [7, 11) is 5.91. The molecule has 1 heterocycles. The van der Waals surface area contributed by atoms with E-state index in [0.29, 0.717) is 0 Å². The number of ether oxygens (including phenoxy) is 2. The zero-order valence-corrected chi connectivity index (χ0v) is 28.8. The van der Waals surface area contributed by atoms with Gasteiger partial charge < -0.3 is 14.4 Å². The first-order valence-electron chi connectivity index (χ1n) is 17.0. The third-order valence-electron chi connectivity index (χ3n) is 11.0. The number of methoxy groups -OCH3 is 1. The Kier molecular flexibility index (Phi) is 6.51. The summed E-state index contributed by atoms with van der Waals surface area (Å²) in [4.78, 5) is 2.14. The van der Waals surface area contributed by atoms with Crippen LogP contribution in [-0.4, -0.2) is 21.2 Å². The van der Waals surface area contributed by atoms with Gasteiger partial charge in [0.1, 0.15) is 11.5 Å². The van der Waals surface area contributed by atoms with Gasteiger partial charge in [-0.25, -0.2) is 0 Å². The molecule has 3 heteroatoms. The summed E-state index contributed by atoms with van der Waals surface area (Å²) in [6.45, 7) is 9.88. The second kappa shape index (κ2) is 10.2. The third kappa shape index (κ3) is 4.46. The molecule has 1 fully saturated rings. The summed E-state index contributed by atoms with van der Waals surface area (Å²) in [5.41, 5.74) is 9.65. The first-order chi connectivity index (χ1) is 22.5. The van der Waals surface area contributed by atoms with Crippen molar-refractivity contribution in [1.82, 2.24) is 0 Å². The van der Waals surface area contributed by atoms with Gasteiger partial charge in [0.05, 0.1) is 7.11 Å². The fourth-order valence-electron chi connectivity index (χ4n) is 9.93. The number of hydrogen-bond acceptors (Lipinski definition) is 3. The fourth-order valence-corrected chi connectivity index (χ4v) is 9.93. The molecule has 0 saturated heterocycles. The predicted octanol–water partition coefficient (Wildman–Crippen LogP) is 10.8. The van der Waals surface area contributed by atoms with Gasteiger partial charge in [-0.15, -0.1) is 0 Å². The lowest BCUT2D eigenvalue weighted by Gasteiger charge is -2.52. The SMILES string of the molecule is COc1ccc2c3c(c4c(c2c1)OC(c1ccccc1)(c1ccc(N(C)C)cc1)C=C4)C1(CC(C)(C)CC(C)(C)C1)c1ccccc1-3. The van der Waals surface area contributed by atoms with Crippen LogP contribution in [0.2, 0.25) is 0 Å². The molecule has 0 N–H and O–H groups in total. The van der Waals surface area contributed by atoms with Crippen LogP contribution < -0.4 is 14.4 Å². The summed E-state index contributed by atoms with van der Waals surface area (Å²) in [5.74, 6) is 1.77. The van der Waals surface area contributed by atoms with Crippen molar-refractivity contribution >= 4 is 22.5 Å². The second-order valence-corrected chi connectivity index (χ2v) is 15.9. The Bertz CT molecular complexity index is 2040. The largest absolute Gasteiger partial charge is 0.497 e. The molecular weight excluding hydrogens is 574 g/mol. The topological polar surface area (TPSA) is 21.7 Å². The number of fused-ring (bicyclic) bond motifs is 10. The van der Waals surface area contributed by atoms with Crippen molar-refractivity contribution in [2.45, 2.75) is 58.0 Å². The number of anilines is 1. The van der Waals surface area contributed by atoms with Gasteiger partial charge in [0, 0.05) is 47.3 Å². The molecule has 2 aliphatic carbocycles. The molecule has 5 aromatic rings. The smallest absolute Gasteiger partial charge is 0.178 e. The first kappa shape index (κ1) is 29.9. The van der Waals surface area contributed by atoms with E-state index in [2.05, 4.69) is 156 Å². The highest BCUT2D eigenvalue weighted by Gasteiger charge is 2.55. The minimum absolute atomic E-state index is 0.122. The van der Waals surface area contributed by atoms with Crippen LogP contribution in [0.25, 0.3) is 28.0 Å². The van der Waals surface area contributed by atoms with Gasteiger partial charge in [0.15, 0.2) is 5.60 Å². The molecule has 3 nitrogen and oxygen atoms in total. The van der Waals surface area contributed by atoms with Crippen LogP contribution in [0, 0.1) is 10.8 Å². The van der Waals surface area contributed by atoms with Crippen LogP contribution >= 0.6 is 0 Å². The molecule has 0 aromatic heterocycles. The van der Waals surface area contributed by atoms with Crippen LogP contribution in [0.5, 0.6) is 11.5 Å². The van der Waals surface area contributed by atoms with Crippen molar-refractivity contribution in [2.24, 2.45) is 10.8 Å². The number of benzene rings is 5. The summed E-state index contributed by atoms with van der Waals surface area (Å²) < 4.78 is 13.5. The van der Waals surface area contributed by atoms with E-state index in [9.17, 15) is 0 Å². The average Bonchev–Trinajstić information content (AvgIpc) is 3.32. The van der Waals surface area contributed by atoms with E-state index in [4.69, 9.17) is 9.47 Å². The highest BCUT2D eigenvalue weighted by atomic mass is 16.5. The van der Waals surface area contributed by atoms with Crippen LogP contribution in [0.4, 0.5) is 5.69 Å². The summed E-state index contributed by atoms with van der Waals surface area (Å²) in [6, 6.07) is 35.3. The van der Waals surface area contributed by atoms with Gasteiger partial charge in [-0.1, -0.05) is 101 Å². The average molecular weight is 620 g/mol. The van der Waals surface area contributed by atoms with Crippen molar-refractivity contribution < 1.29 is 9.47 Å². The summed E-state index contributed by atoms with van der Waals surface area (Å²) in [6.07, 6.45) is 8.12. The summed E-state index contributed by atoms with van der Waals surface area (Å²) >= 11 is 0. The number of rotatable bonds is 4. The van der Waals surface area contributed by atoms with E-state index in [1.165, 1.54) is 39.6 Å². The van der Waals surface area contributed by atoms with Gasteiger partial charge in [0.2, 0.25) is 0 Å². The lowest BCUT2D eigenvalue weighted by atomic mass is 9.52. The highest BCUT2D eigenvalue weighted by Crippen LogP contribution is 2.66. The van der Waals surface area contributed by atoms with Crippen LogP contribution in [0.3, 0.4) is 0 Å². The van der Waals surface area contributed by atoms with Crippen LogP contribution in [0.15, 0.2) is 103 Å². The molecule has 5 aromatic carbocycles. The molecule has 0 bridgehead atoms. The van der Waals surface area contributed by atoms with E-state index in [-0.39, 0.29) is 16.2 Å². The molecular formula is C44H45NO2. The highest BCUT2D eigenvalue weighted by molar-refractivity contribution is 6.09. The Morgan fingerprint density at radius 3 is 2.04 bits per heavy atom. The quantitative estimate of drug-likeness (QED) is 0.200. The molecule has 1 spiro atoms. The maximum atomic E-state index is 7.61. The molecule has 47 heavy (non-hydrogen) atoms. The van der Waals surface area contributed by atoms with E-state index in [0.717, 1.165) is 46.5 Å². The lowest BCUT2D eigenvalue weighted by Crippen LogP contribution is -2.44. The van der Waals surface area contributed by atoms with Crippen molar-refractivity contribution in [2.75, 3.05) is 26.1 Å². The summed E-state index contributed by atoms with van der Waals surface area (Å²) in [5, 5.41) is 2.32. The van der Waals surface area contributed by atoms with E-state index < -0.39 is 5.60 Å². The monoisotopic (exact) mass is 619 g/mol. The number of hydrogen-bond donors (Lipinski definition) is 0. The standard InChI is InChI=1S/C44H45NO2/c1-41(2)26-42(3,4)28-43(27-41)37-16-12-11-15-34(37)38-33-22-21-32(46-7)25-36(33)40-35(39(38)43)23-24-44(47-40,29-13-9-8-10-14-29)30-17-19-31(20-18-30)45(5)6/h8-25H,26-28H2,1-7H3. The number of nitrogens with zero attached hydrogens (tertiary/aromatic N) is 1. The molecule has 8 rings (SSSR count). The van der Waals surface area contributed by atoms with Gasteiger partial charge >= 0.3 is 0 Å².